The zero-order valence-corrected chi connectivity index (χ0v) is 10.4. The first kappa shape index (κ1) is 11.9. The number of rotatable bonds is 2. The van der Waals surface area contributed by atoms with Gasteiger partial charge in [0, 0.05) is 23.6 Å². The highest BCUT2D eigenvalue weighted by molar-refractivity contribution is 5.99. The number of carbonyl (C=O) groups excluding carboxylic acids is 1. The maximum Gasteiger partial charge on any atom is 0.255 e. The maximum atomic E-state index is 12.0. The van der Waals surface area contributed by atoms with Crippen molar-refractivity contribution in [3.05, 3.63) is 23.5 Å². The van der Waals surface area contributed by atoms with Crippen molar-refractivity contribution in [2.24, 2.45) is 5.92 Å². The summed E-state index contributed by atoms with van der Waals surface area (Å²) in [6, 6.07) is 2.02. The molecule has 0 aromatic carbocycles. The first-order chi connectivity index (χ1) is 8.06. The molecule has 1 heterocycles. The van der Waals surface area contributed by atoms with Gasteiger partial charge in [-0.15, -0.1) is 0 Å². The molecule has 0 saturated heterocycles. The number of pyridine rings is 1. The third-order valence-electron chi connectivity index (χ3n) is 3.35. The van der Waals surface area contributed by atoms with E-state index in [1.54, 1.807) is 12.3 Å². The van der Waals surface area contributed by atoms with E-state index in [1.807, 2.05) is 6.92 Å². The third-order valence-corrected chi connectivity index (χ3v) is 3.35. The Bertz CT molecular complexity index is 431. The van der Waals surface area contributed by atoms with Crippen molar-refractivity contribution < 1.29 is 4.79 Å². The summed E-state index contributed by atoms with van der Waals surface area (Å²) in [5.41, 5.74) is 7.63. The number of carbonyl (C=O) groups is 1. The number of anilines is 1. The molecule has 2 unspecified atom stereocenters. The Morgan fingerprint density at radius 3 is 2.88 bits per heavy atom. The monoisotopic (exact) mass is 233 g/mol. The van der Waals surface area contributed by atoms with Crippen molar-refractivity contribution >= 4 is 11.6 Å². The summed E-state index contributed by atoms with van der Waals surface area (Å²) in [6.07, 6.45) is 4.86. The maximum absolute atomic E-state index is 12.0. The normalized spacial score (nSPS) is 23.6. The van der Waals surface area contributed by atoms with E-state index >= 15 is 0 Å². The Morgan fingerprint density at radius 2 is 2.29 bits per heavy atom. The predicted octanol–water partition coefficient (Wildman–Crippen LogP) is 1.89. The van der Waals surface area contributed by atoms with Gasteiger partial charge < -0.3 is 11.1 Å². The number of hydrogen-bond acceptors (Lipinski definition) is 3. The van der Waals surface area contributed by atoms with Gasteiger partial charge in [0.2, 0.25) is 0 Å². The minimum atomic E-state index is -0.103. The first-order valence-corrected chi connectivity index (χ1v) is 6.09. The van der Waals surface area contributed by atoms with Crippen molar-refractivity contribution in [2.45, 2.75) is 39.2 Å². The molecule has 92 valence electrons. The van der Waals surface area contributed by atoms with Crippen LogP contribution in [0.2, 0.25) is 0 Å². The summed E-state index contributed by atoms with van der Waals surface area (Å²) in [5.74, 6) is 0.600. The van der Waals surface area contributed by atoms with Gasteiger partial charge in [0.05, 0.1) is 5.56 Å². The van der Waals surface area contributed by atoms with E-state index < -0.39 is 0 Å². The minimum absolute atomic E-state index is 0.103. The van der Waals surface area contributed by atoms with E-state index in [0.717, 1.165) is 18.5 Å². The topological polar surface area (TPSA) is 68.0 Å². The highest BCUT2D eigenvalue weighted by Gasteiger charge is 2.23. The molecule has 0 spiro atoms. The number of nitrogens with one attached hydrogen (secondary N) is 1. The van der Waals surface area contributed by atoms with Crippen LogP contribution < -0.4 is 11.1 Å². The van der Waals surface area contributed by atoms with Gasteiger partial charge in [0.1, 0.15) is 0 Å². The van der Waals surface area contributed by atoms with Crippen LogP contribution in [0.3, 0.4) is 0 Å². The van der Waals surface area contributed by atoms with E-state index in [-0.39, 0.29) is 5.91 Å². The van der Waals surface area contributed by atoms with Gasteiger partial charge in [-0.05, 0) is 38.2 Å². The van der Waals surface area contributed by atoms with Crippen LogP contribution >= 0.6 is 0 Å². The lowest BCUT2D eigenvalue weighted by atomic mass is 10.1. The largest absolute Gasteiger partial charge is 0.398 e. The Labute approximate surface area is 102 Å². The van der Waals surface area contributed by atoms with Gasteiger partial charge in [0.15, 0.2) is 0 Å². The first-order valence-electron chi connectivity index (χ1n) is 6.09. The van der Waals surface area contributed by atoms with Crippen LogP contribution in [-0.2, 0) is 0 Å². The number of aromatic nitrogens is 1. The fraction of sp³-hybridized carbons (Fsp3) is 0.538. The molecule has 0 aliphatic heterocycles. The molecular formula is C13H19N3O. The summed E-state index contributed by atoms with van der Waals surface area (Å²) < 4.78 is 0. The molecule has 4 heteroatoms. The standard InChI is InChI=1S/C13H19N3O/c1-8-3-4-10(5-8)16-13(17)11-7-15-9(2)6-12(11)14/h6-8,10H,3-5H2,1-2H3,(H2,14,15)(H,16,17). The molecule has 1 aliphatic rings. The minimum Gasteiger partial charge on any atom is -0.398 e. The molecule has 4 nitrogen and oxygen atoms in total. The zero-order valence-electron chi connectivity index (χ0n) is 10.4. The van der Waals surface area contributed by atoms with Crippen molar-refractivity contribution in [1.82, 2.24) is 10.3 Å². The van der Waals surface area contributed by atoms with E-state index in [2.05, 4.69) is 17.2 Å². The van der Waals surface area contributed by atoms with Crippen molar-refractivity contribution in [2.75, 3.05) is 5.73 Å². The fourth-order valence-corrected chi connectivity index (χ4v) is 2.37. The molecule has 1 aromatic rings. The summed E-state index contributed by atoms with van der Waals surface area (Å²) in [6.45, 7) is 4.07. The van der Waals surface area contributed by atoms with Gasteiger partial charge in [0.25, 0.3) is 5.91 Å². The van der Waals surface area contributed by atoms with Crippen LogP contribution in [0, 0.1) is 12.8 Å². The summed E-state index contributed by atoms with van der Waals surface area (Å²) >= 11 is 0. The van der Waals surface area contributed by atoms with E-state index in [1.165, 1.54) is 6.42 Å². The Balaban J connectivity index is 2.04. The van der Waals surface area contributed by atoms with Crippen LogP contribution in [0.15, 0.2) is 12.3 Å². The van der Waals surface area contributed by atoms with Gasteiger partial charge in [-0.1, -0.05) is 6.92 Å². The number of nitrogens with two attached hydrogens (primary N) is 1. The molecule has 1 amide bonds. The van der Waals surface area contributed by atoms with Crippen LogP contribution in [0.4, 0.5) is 5.69 Å². The second-order valence-electron chi connectivity index (χ2n) is 5.00. The van der Waals surface area contributed by atoms with Crippen molar-refractivity contribution in [3.8, 4) is 0 Å². The van der Waals surface area contributed by atoms with Crippen LogP contribution in [0.5, 0.6) is 0 Å². The Kier molecular flexibility index (Phi) is 3.31. The molecular weight excluding hydrogens is 214 g/mol. The van der Waals surface area contributed by atoms with Crippen LogP contribution in [0.1, 0.15) is 42.2 Å². The molecule has 1 aliphatic carbocycles. The van der Waals surface area contributed by atoms with Gasteiger partial charge >= 0.3 is 0 Å². The lowest BCUT2D eigenvalue weighted by Gasteiger charge is -2.13. The highest BCUT2D eigenvalue weighted by atomic mass is 16.1. The average Bonchev–Trinajstić information content (AvgIpc) is 2.63. The number of hydrogen-bond donors (Lipinski definition) is 2. The Morgan fingerprint density at radius 1 is 1.53 bits per heavy atom. The molecule has 2 atom stereocenters. The molecule has 1 aromatic heterocycles. The molecule has 1 saturated carbocycles. The van der Waals surface area contributed by atoms with Crippen molar-refractivity contribution in [1.29, 1.82) is 0 Å². The number of amides is 1. The quantitative estimate of drug-likeness (QED) is 0.819. The summed E-state index contributed by atoms with van der Waals surface area (Å²) in [4.78, 5) is 16.1. The zero-order chi connectivity index (χ0) is 12.4. The number of nitrogen functional groups attached to an aromatic ring is 1. The Hall–Kier alpha value is -1.58. The van der Waals surface area contributed by atoms with Crippen LogP contribution in [0.25, 0.3) is 0 Å². The van der Waals surface area contributed by atoms with E-state index in [4.69, 9.17) is 5.73 Å². The second kappa shape index (κ2) is 4.73. The van der Waals surface area contributed by atoms with Gasteiger partial charge in [-0.3, -0.25) is 9.78 Å². The van der Waals surface area contributed by atoms with Gasteiger partial charge in [-0.2, -0.15) is 0 Å². The summed E-state index contributed by atoms with van der Waals surface area (Å²) in [5, 5.41) is 3.03. The molecule has 3 N–H and O–H groups in total. The lowest BCUT2D eigenvalue weighted by molar-refractivity contribution is 0.0938. The van der Waals surface area contributed by atoms with Crippen LogP contribution in [-0.4, -0.2) is 16.9 Å². The van der Waals surface area contributed by atoms with Gasteiger partial charge in [-0.25, -0.2) is 0 Å². The summed E-state index contributed by atoms with van der Waals surface area (Å²) in [7, 11) is 0. The third kappa shape index (κ3) is 2.75. The number of nitrogens with zero attached hydrogens (tertiary/aromatic N) is 1. The fourth-order valence-electron chi connectivity index (χ4n) is 2.37. The lowest BCUT2D eigenvalue weighted by Crippen LogP contribution is -2.33. The molecule has 2 rings (SSSR count). The highest BCUT2D eigenvalue weighted by Crippen LogP contribution is 2.25. The van der Waals surface area contributed by atoms with E-state index in [0.29, 0.717) is 23.2 Å². The number of aryl methyl sites for hydroxylation is 1. The molecule has 0 radical (unpaired) electrons. The predicted molar refractivity (Wildman–Crippen MR) is 67.7 cm³/mol. The second-order valence-corrected chi connectivity index (χ2v) is 5.00. The van der Waals surface area contributed by atoms with E-state index in [9.17, 15) is 4.79 Å². The molecule has 1 fully saturated rings. The average molecular weight is 233 g/mol. The van der Waals surface area contributed by atoms with Crippen molar-refractivity contribution in [3.63, 3.8) is 0 Å². The molecule has 0 bridgehead atoms. The molecule has 17 heavy (non-hydrogen) atoms. The smallest absolute Gasteiger partial charge is 0.255 e. The SMILES string of the molecule is Cc1cc(N)c(C(=O)NC2CCC(C)C2)cn1.